The van der Waals surface area contributed by atoms with Crippen molar-refractivity contribution >= 4 is 5.82 Å². The molecule has 8 heteroatoms. The second-order valence-electron chi connectivity index (χ2n) is 4.83. The molecule has 0 saturated heterocycles. The lowest BCUT2D eigenvalue weighted by molar-refractivity contribution is -0.185. The zero-order valence-electron chi connectivity index (χ0n) is 11.7. The summed E-state index contributed by atoms with van der Waals surface area (Å²) < 4.78 is 20.1. The maximum atomic E-state index is 14.4. The highest BCUT2D eigenvalue weighted by molar-refractivity contribution is 5.23. The molecule has 0 amide bonds. The number of nitrogens with two attached hydrogens (primary N) is 1. The number of nitrogens with zero attached hydrogens (tertiary/aromatic N) is 2. The molecule has 114 valence electrons. The molecule has 1 rings (SSSR count). The third-order valence-electron chi connectivity index (χ3n) is 3.48. The van der Waals surface area contributed by atoms with Crippen LogP contribution in [0.1, 0.15) is 20.1 Å². The number of rotatable bonds is 6. The van der Waals surface area contributed by atoms with E-state index in [9.17, 15) is 19.4 Å². The summed E-state index contributed by atoms with van der Waals surface area (Å²) in [5.74, 6) is -0.430. The van der Waals surface area contributed by atoms with Crippen molar-refractivity contribution in [2.45, 2.75) is 31.8 Å². The Labute approximate surface area is 115 Å². The summed E-state index contributed by atoms with van der Waals surface area (Å²) in [5.41, 5.74) is 2.86. The molecule has 0 aliphatic rings. The summed E-state index contributed by atoms with van der Waals surface area (Å²) in [6.45, 7) is 2.74. The number of aliphatic hydroxyl groups is 2. The molecule has 1 aromatic heterocycles. The number of nitrogen functional groups attached to an aromatic ring is 1. The van der Waals surface area contributed by atoms with Crippen LogP contribution in [0.5, 0.6) is 0 Å². The minimum absolute atomic E-state index is 0.0445. The average molecular weight is 289 g/mol. The van der Waals surface area contributed by atoms with Gasteiger partial charge in [-0.2, -0.15) is 4.98 Å². The maximum absolute atomic E-state index is 14.4. The second kappa shape index (κ2) is 6.29. The molecule has 0 unspecified atom stereocenters. The van der Waals surface area contributed by atoms with Crippen LogP contribution < -0.4 is 11.4 Å². The first kappa shape index (κ1) is 16.5. The van der Waals surface area contributed by atoms with Crippen LogP contribution >= 0.6 is 0 Å². The molecule has 0 fully saturated rings. The van der Waals surface area contributed by atoms with Crippen molar-refractivity contribution in [1.29, 1.82) is 0 Å². The average Bonchev–Trinajstić information content (AvgIpc) is 2.39. The van der Waals surface area contributed by atoms with Crippen LogP contribution in [0.25, 0.3) is 0 Å². The van der Waals surface area contributed by atoms with E-state index in [1.165, 1.54) is 13.2 Å². The fraction of sp³-hybridized carbons (Fsp3) is 0.667. The van der Waals surface area contributed by atoms with Crippen molar-refractivity contribution in [2.75, 3.05) is 19.5 Å². The van der Waals surface area contributed by atoms with Gasteiger partial charge in [-0.15, -0.1) is 0 Å². The van der Waals surface area contributed by atoms with Crippen LogP contribution in [0.2, 0.25) is 0 Å². The number of aliphatic hydroxyl groups excluding tert-OH is 2. The number of aromatic nitrogens is 2. The third-order valence-corrected chi connectivity index (χ3v) is 3.48. The molecule has 7 nitrogen and oxygen atoms in total. The van der Waals surface area contributed by atoms with Crippen molar-refractivity contribution in [3.8, 4) is 0 Å². The normalized spacial score (nSPS) is 17.8. The number of anilines is 1. The lowest BCUT2D eigenvalue weighted by Crippen LogP contribution is -2.55. The van der Waals surface area contributed by atoms with Gasteiger partial charge in [0.05, 0.1) is 6.61 Å². The van der Waals surface area contributed by atoms with E-state index in [2.05, 4.69) is 4.98 Å². The number of hydrogen-bond acceptors (Lipinski definition) is 6. The van der Waals surface area contributed by atoms with Gasteiger partial charge in [-0.25, -0.2) is 9.18 Å². The molecule has 20 heavy (non-hydrogen) atoms. The Morgan fingerprint density at radius 3 is 2.60 bits per heavy atom. The number of hydrogen-bond donors (Lipinski definition) is 3. The van der Waals surface area contributed by atoms with Crippen molar-refractivity contribution in [1.82, 2.24) is 9.55 Å². The van der Waals surface area contributed by atoms with Gasteiger partial charge in [0.1, 0.15) is 17.5 Å². The standard InChI is InChI=1S/C12H20FN3O4/c1-7(2)12(6-17,20-3)9(18)10(13)16-5-4-8(14)15-11(16)19/h4-5,7,9-10,17-18H,6H2,1-3H3,(H2,14,15,19)/t9-,10-,12-/m0/s1. The van der Waals surface area contributed by atoms with E-state index in [4.69, 9.17) is 10.5 Å². The summed E-state index contributed by atoms with van der Waals surface area (Å²) in [5, 5.41) is 19.6. The smallest absolute Gasteiger partial charge is 0.351 e. The van der Waals surface area contributed by atoms with Crippen LogP contribution in [0.15, 0.2) is 17.1 Å². The Morgan fingerprint density at radius 1 is 1.60 bits per heavy atom. The third kappa shape index (κ3) is 2.82. The van der Waals surface area contributed by atoms with Gasteiger partial charge in [-0.1, -0.05) is 13.8 Å². The number of alkyl halides is 1. The summed E-state index contributed by atoms with van der Waals surface area (Å²) in [6.07, 6.45) is -2.78. The molecule has 0 aliphatic carbocycles. The quantitative estimate of drug-likeness (QED) is 0.662. The Bertz CT molecular complexity index is 502. The molecule has 1 aromatic rings. The topological polar surface area (TPSA) is 111 Å². The van der Waals surface area contributed by atoms with Crippen molar-refractivity contribution < 1.29 is 19.3 Å². The molecule has 3 atom stereocenters. The molecular formula is C12H20FN3O4. The van der Waals surface area contributed by atoms with Gasteiger partial charge in [-0.05, 0) is 12.0 Å². The molecule has 0 aliphatic heterocycles. The van der Waals surface area contributed by atoms with Gasteiger partial charge < -0.3 is 20.7 Å². The molecule has 1 heterocycles. The van der Waals surface area contributed by atoms with E-state index in [1.807, 2.05) is 0 Å². The number of methoxy groups -OCH3 is 1. The fourth-order valence-electron chi connectivity index (χ4n) is 2.04. The SMILES string of the molecule is CO[C@@](CO)(C(C)C)[C@@H](O)[C@@H](F)n1ccc(N)nc1=O. The van der Waals surface area contributed by atoms with E-state index in [-0.39, 0.29) is 11.7 Å². The Kier molecular flexibility index (Phi) is 5.21. The molecule has 0 aromatic carbocycles. The lowest BCUT2D eigenvalue weighted by atomic mass is 9.84. The zero-order valence-corrected chi connectivity index (χ0v) is 11.7. The van der Waals surface area contributed by atoms with Crippen molar-refractivity contribution in [2.24, 2.45) is 5.92 Å². The molecule has 0 saturated carbocycles. The van der Waals surface area contributed by atoms with Crippen molar-refractivity contribution in [3.63, 3.8) is 0 Å². The van der Waals surface area contributed by atoms with Crippen LogP contribution in [0.3, 0.4) is 0 Å². The summed E-state index contributed by atoms with van der Waals surface area (Å²) in [6, 6.07) is 1.24. The van der Waals surface area contributed by atoms with Crippen molar-refractivity contribution in [3.05, 3.63) is 22.7 Å². The molecule has 0 spiro atoms. The molecule has 0 bridgehead atoms. The highest BCUT2D eigenvalue weighted by Gasteiger charge is 2.46. The molecular weight excluding hydrogens is 269 g/mol. The maximum Gasteiger partial charge on any atom is 0.351 e. The van der Waals surface area contributed by atoms with Gasteiger partial charge in [0.15, 0.2) is 0 Å². The second-order valence-corrected chi connectivity index (χ2v) is 4.83. The first-order chi connectivity index (χ1) is 9.30. The van der Waals surface area contributed by atoms with E-state index in [0.29, 0.717) is 4.57 Å². The first-order valence-electron chi connectivity index (χ1n) is 6.13. The lowest BCUT2D eigenvalue weighted by Gasteiger charge is -2.39. The van der Waals surface area contributed by atoms with Gasteiger partial charge in [0.2, 0.25) is 6.30 Å². The zero-order chi connectivity index (χ0) is 15.5. The van der Waals surface area contributed by atoms with Gasteiger partial charge in [0, 0.05) is 13.3 Å². The predicted molar refractivity (Wildman–Crippen MR) is 70.7 cm³/mol. The first-order valence-corrected chi connectivity index (χ1v) is 6.13. The van der Waals surface area contributed by atoms with Gasteiger partial charge >= 0.3 is 5.69 Å². The summed E-state index contributed by atoms with van der Waals surface area (Å²) in [4.78, 5) is 15.0. The van der Waals surface area contributed by atoms with Crippen LogP contribution in [-0.2, 0) is 4.74 Å². The van der Waals surface area contributed by atoms with Crippen LogP contribution in [0, 0.1) is 5.92 Å². The highest BCUT2D eigenvalue weighted by atomic mass is 19.1. The predicted octanol–water partition coefficient (Wildman–Crippen LogP) is -0.312. The Morgan fingerprint density at radius 2 is 2.20 bits per heavy atom. The highest BCUT2D eigenvalue weighted by Crippen LogP contribution is 2.31. The van der Waals surface area contributed by atoms with Crippen LogP contribution in [0.4, 0.5) is 10.2 Å². The number of ether oxygens (including phenoxy) is 1. The Balaban J connectivity index is 3.18. The van der Waals surface area contributed by atoms with E-state index < -0.39 is 30.3 Å². The minimum Gasteiger partial charge on any atom is -0.393 e. The summed E-state index contributed by atoms with van der Waals surface area (Å²) in [7, 11) is 1.26. The summed E-state index contributed by atoms with van der Waals surface area (Å²) >= 11 is 0. The van der Waals surface area contributed by atoms with Gasteiger partial charge in [-0.3, -0.25) is 4.57 Å². The minimum atomic E-state index is -2.12. The van der Waals surface area contributed by atoms with Gasteiger partial charge in [0.25, 0.3) is 0 Å². The Hall–Kier alpha value is -1.51. The molecule has 0 radical (unpaired) electrons. The monoisotopic (exact) mass is 289 g/mol. The largest absolute Gasteiger partial charge is 0.393 e. The van der Waals surface area contributed by atoms with Crippen LogP contribution in [-0.4, -0.2) is 45.2 Å². The fourth-order valence-corrected chi connectivity index (χ4v) is 2.04. The molecule has 4 N–H and O–H groups in total. The number of halogens is 1. The van der Waals surface area contributed by atoms with E-state index >= 15 is 0 Å². The van der Waals surface area contributed by atoms with E-state index in [1.54, 1.807) is 13.8 Å². The van der Waals surface area contributed by atoms with E-state index in [0.717, 1.165) is 6.20 Å².